The van der Waals surface area contributed by atoms with E-state index in [1.807, 2.05) is 55.4 Å². The first-order valence-corrected chi connectivity index (χ1v) is 13.2. The van der Waals surface area contributed by atoms with Crippen LogP contribution in [0.3, 0.4) is 0 Å². The lowest BCUT2D eigenvalue weighted by atomic mass is 9.90. The summed E-state index contributed by atoms with van der Waals surface area (Å²) in [5.74, 6) is 0.203. The molecule has 0 rings (SSSR count). The molecule has 37 heavy (non-hydrogen) atoms. The Morgan fingerprint density at radius 1 is 0.514 bits per heavy atom. The highest BCUT2D eigenvalue weighted by Gasteiger charge is 2.19. The van der Waals surface area contributed by atoms with Gasteiger partial charge in [-0.2, -0.15) is 0 Å². The molecule has 0 aliphatic heterocycles. The number of carbonyl (C=O) groups is 2. The minimum absolute atomic E-state index is 0.102. The van der Waals surface area contributed by atoms with Gasteiger partial charge in [-0.3, -0.25) is 9.59 Å². The van der Waals surface area contributed by atoms with Crippen LogP contribution in [-0.4, -0.2) is 90.7 Å². The predicted molar refractivity (Wildman–Crippen MR) is 147 cm³/mol. The van der Waals surface area contributed by atoms with Crippen molar-refractivity contribution in [2.45, 2.75) is 55.4 Å². The molecule has 0 saturated carbocycles. The Morgan fingerprint density at radius 3 is 1.00 bits per heavy atom. The molecule has 0 atom stereocenters. The number of ether oxygens (including phenoxy) is 5. The van der Waals surface area contributed by atoms with Crippen LogP contribution in [0, 0.1) is 10.8 Å². The molecule has 0 bridgehead atoms. The lowest BCUT2D eigenvalue weighted by Crippen LogP contribution is -2.23. The van der Waals surface area contributed by atoms with Crippen LogP contribution in [0.15, 0.2) is 23.5 Å². The number of rotatable bonds is 22. The maximum Gasteiger partial charge on any atom is 0.162 e. The Kier molecular flexibility index (Phi) is 19.2. The van der Waals surface area contributed by atoms with Gasteiger partial charge in [-0.25, -0.2) is 0 Å². The summed E-state index contributed by atoms with van der Waals surface area (Å²) in [5, 5.41) is 6.34. The molecule has 9 heteroatoms. The van der Waals surface area contributed by atoms with E-state index in [0.717, 1.165) is 11.4 Å². The quantitative estimate of drug-likeness (QED) is 0.162. The van der Waals surface area contributed by atoms with Crippen LogP contribution in [0.1, 0.15) is 55.4 Å². The summed E-state index contributed by atoms with van der Waals surface area (Å²) < 4.78 is 27.4. The Hall–Kier alpha value is -1.78. The molecule has 0 heterocycles. The van der Waals surface area contributed by atoms with Crippen LogP contribution < -0.4 is 10.6 Å². The van der Waals surface area contributed by atoms with Gasteiger partial charge < -0.3 is 34.3 Å². The van der Waals surface area contributed by atoms with Crippen LogP contribution >= 0.6 is 0 Å². The van der Waals surface area contributed by atoms with E-state index in [-0.39, 0.29) is 22.4 Å². The van der Waals surface area contributed by atoms with E-state index in [1.165, 1.54) is 0 Å². The van der Waals surface area contributed by atoms with Gasteiger partial charge in [0.2, 0.25) is 0 Å². The summed E-state index contributed by atoms with van der Waals surface area (Å²) in [5.41, 5.74) is 0.954. The van der Waals surface area contributed by atoms with Gasteiger partial charge in [0, 0.05) is 47.5 Å². The topological polar surface area (TPSA) is 104 Å². The van der Waals surface area contributed by atoms with E-state index in [0.29, 0.717) is 79.2 Å². The normalized spacial score (nSPS) is 13.1. The van der Waals surface area contributed by atoms with Crippen LogP contribution in [0.5, 0.6) is 0 Å². The highest BCUT2D eigenvalue weighted by Crippen LogP contribution is 2.16. The average Bonchev–Trinajstić information content (AvgIpc) is 2.79. The Bertz CT molecular complexity index is 634. The van der Waals surface area contributed by atoms with Crippen molar-refractivity contribution in [2.24, 2.45) is 10.8 Å². The number of carbonyl (C=O) groups excluding carboxylic acids is 2. The number of ketones is 2. The van der Waals surface area contributed by atoms with Crippen molar-refractivity contribution in [3.63, 3.8) is 0 Å². The zero-order valence-electron chi connectivity index (χ0n) is 24.5. The van der Waals surface area contributed by atoms with E-state index in [2.05, 4.69) is 10.6 Å². The summed E-state index contributed by atoms with van der Waals surface area (Å²) in [6, 6.07) is 0. The third-order valence-electron chi connectivity index (χ3n) is 4.96. The smallest absolute Gasteiger partial charge is 0.162 e. The van der Waals surface area contributed by atoms with Gasteiger partial charge in [0.15, 0.2) is 11.6 Å². The van der Waals surface area contributed by atoms with Crippen molar-refractivity contribution in [3.05, 3.63) is 23.5 Å². The SMILES string of the molecule is C/C(=C\C(=O)C(C)(C)C)NCCOCCOCCOCCOCCOCCN/C(C)=C/C(=O)C(C)(C)C. The second-order valence-electron chi connectivity index (χ2n) is 10.8. The fourth-order valence-corrected chi connectivity index (χ4v) is 2.55. The zero-order valence-corrected chi connectivity index (χ0v) is 24.5. The number of hydrogen-bond donors (Lipinski definition) is 2. The third-order valence-corrected chi connectivity index (χ3v) is 4.96. The third kappa shape index (κ3) is 22.0. The van der Waals surface area contributed by atoms with Gasteiger partial charge in [0.05, 0.1) is 66.1 Å². The fourth-order valence-electron chi connectivity index (χ4n) is 2.55. The summed E-state index contributed by atoms with van der Waals surface area (Å²) in [6.45, 7) is 21.6. The molecule has 0 saturated heterocycles. The second kappa shape index (κ2) is 20.2. The van der Waals surface area contributed by atoms with Crippen LogP contribution in [-0.2, 0) is 33.3 Å². The molecule has 0 aromatic rings. The highest BCUT2D eigenvalue weighted by atomic mass is 16.6. The van der Waals surface area contributed by atoms with E-state index in [4.69, 9.17) is 23.7 Å². The van der Waals surface area contributed by atoms with Crippen LogP contribution in [0.25, 0.3) is 0 Å². The van der Waals surface area contributed by atoms with Crippen molar-refractivity contribution < 1.29 is 33.3 Å². The second-order valence-corrected chi connectivity index (χ2v) is 10.8. The van der Waals surface area contributed by atoms with Gasteiger partial charge in [-0.05, 0) is 13.8 Å². The monoisotopic (exact) mass is 528 g/mol. The lowest BCUT2D eigenvalue weighted by Gasteiger charge is -2.15. The molecule has 0 aromatic heterocycles. The maximum atomic E-state index is 11.9. The lowest BCUT2D eigenvalue weighted by molar-refractivity contribution is -0.122. The van der Waals surface area contributed by atoms with Crippen molar-refractivity contribution in [1.82, 2.24) is 10.6 Å². The molecule has 0 unspecified atom stereocenters. The van der Waals surface area contributed by atoms with Gasteiger partial charge >= 0.3 is 0 Å². The summed E-state index contributed by atoms with van der Waals surface area (Å²) in [7, 11) is 0. The Balaban J connectivity index is 3.41. The van der Waals surface area contributed by atoms with Crippen molar-refractivity contribution >= 4 is 11.6 Å². The Morgan fingerprint density at radius 2 is 0.757 bits per heavy atom. The average molecular weight is 529 g/mol. The summed E-state index contributed by atoms with van der Waals surface area (Å²) in [6.07, 6.45) is 3.28. The first-order chi connectivity index (χ1) is 17.3. The van der Waals surface area contributed by atoms with Crippen LogP contribution in [0.4, 0.5) is 0 Å². The van der Waals surface area contributed by atoms with Crippen molar-refractivity contribution in [1.29, 1.82) is 0 Å². The number of hydrogen-bond acceptors (Lipinski definition) is 9. The minimum atomic E-state index is -0.366. The van der Waals surface area contributed by atoms with Gasteiger partial charge in [0.25, 0.3) is 0 Å². The first kappa shape index (κ1) is 35.2. The largest absolute Gasteiger partial charge is 0.386 e. The molecule has 0 amide bonds. The summed E-state index contributed by atoms with van der Waals surface area (Å²) >= 11 is 0. The van der Waals surface area contributed by atoms with Crippen molar-refractivity contribution in [2.75, 3.05) is 79.2 Å². The molecule has 0 radical (unpaired) electrons. The Labute approximate surface area is 224 Å². The standard InChI is InChI=1S/C28H52N2O7/c1-23(21-25(31)27(3,4)5)29-9-11-33-13-15-35-17-19-37-20-18-36-16-14-34-12-10-30-24(2)22-26(32)28(6,7)8/h21-22,29-30H,9-20H2,1-8H3/b23-21+,24-22+. The molecule has 9 nitrogen and oxygen atoms in total. The molecule has 0 fully saturated rings. The van der Waals surface area contributed by atoms with E-state index in [9.17, 15) is 9.59 Å². The molecule has 0 aromatic carbocycles. The molecule has 216 valence electrons. The summed E-state index contributed by atoms with van der Waals surface area (Å²) in [4.78, 5) is 23.9. The minimum Gasteiger partial charge on any atom is -0.386 e. The molecule has 0 spiro atoms. The van der Waals surface area contributed by atoms with E-state index in [1.54, 1.807) is 12.2 Å². The maximum absolute atomic E-state index is 11.9. The van der Waals surface area contributed by atoms with Crippen molar-refractivity contribution in [3.8, 4) is 0 Å². The van der Waals surface area contributed by atoms with Gasteiger partial charge in [-0.1, -0.05) is 41.5 Å². The first-order valence-electron chi connectivity index (χ1n) is 13.2. The number of allylic oxidation sites excluding steroid dienone is 4. The van der Waals surface area contributed by atoms with E-state index >= 15 is 0 Å². The van der Waals surface area contributed by atoms with Crippen LogP contribution in [0.2, 0.25) is 0 Å². The number of nitrogens with one attached hydrogen (secondary N) is 2. The van der Waals surface area contributed by atoms with E-state index < -0.39 is 0 Å². The van der Waals surface area contributed by atoms with Gasteiger partial charge in [-0.15, -0.1) is 0 Å². The highest BCUT2D eigenvalue weighted by molar-refractivity contribution is 5.94. The predicted octanol–water partition coefficient (Wildman–Crippen LogP) is 3.29. The molecule has 0 aliphatic carbocycles. The fraction of sp³-hybridized carbons (Fsp3) is 0.786. The molecular weight excluding hydrogens is 476 g/mol. The molecule has 0 aliphatic rings. The van der Waals surface area contributed by atoms with Gasteiger partial charge in [0.1, 0.15) is 0 Å². The zero-order chi connectivity index (χ0) is 28.2. The molecular formula is C28H52N2O7. The molecule has 2 N–H and O–H groups in total.